The van der Waals surface area contributed by atoms with Crippen LogP contribution < -0.4 is 20.6 Å². The first-order valence-electron chi connectivity index (χ1n) is 8.57. The second kappa shape index (κ2) is 9.59. The van der Waals surface area contributed by atoms with Crippen LogP contribution in [-0.2, 0) is 0 Å². The van der Waals surface area contributed by atoms with E-state index in [1.807, 2.05) is 60.7 Å². The van der Waals surface area contributed by atoms with E-state index in [1.54, 1.807) is 24.5 Å². The fraction of sp³-hybridized carbons (Fsp3) is 0. The first-order valence-corrected chi connectivity index (χ1v) is 8.57. The summed E-state index contributed by atoms with van der Waals surface area (Å²) in [5, 5.41) is 17.3. The average Bonchev–Trinajstić information content (AvgIpc) is 2.77. The smallest absolute Gasteiger partial charge is 0.162 e. The highest BCUT2D eigenvalue weighted by atomic mass is 16.6. The molecule has 3 aromatic carbocycles. The summed E-state index contributed by atoms with van der Waals surface area (Å²) in [5.74, 6) is 1.61. The normalized spacial score (nSPS) is 12.0. The molecule has 0 spiro atoms. The number of hydroxylamine groups is 2. The van der Waals surface area contributed by atoms with Gasteiger partial charge in [0.1, 0.15) is 0 Å². The van der Waals surface area contributed by atoms with E-state index in [1.165, 1.54) is 12.1 Å². The van der Waals surface area contributed by atoms with Crippen molar-refractivity contribution in [1.82, 2.24) is 11.0 Å². The Balaban J connectivity index is 0.000000122. The third kappa shape index (κ3) is 5.22. The molecule has 142 valence electrons. The molecule has 0 aliphatic carbocycles. The molecule has 0 amide bonds. The number of benzene rings is 3. The minimum Gasteiger partial charge on any atom is -0.504 e. The van der Waals surface area contributed by atoms with Crippen LogP contribution in [0.25, 0.3) is 12.2 Å². The van der Waals surface area contributed by atoms with Gasteiger partial charge >= 0.3 is 0 Å². The van der Waals surface area contributed by atoms with Crippen LogP contribution in [0.4, 0.5) is 0 Å². The number of nitrogens with one attached hydrogen (secondary N) is 2. The van der Waals surface area contributed by atoms with Gasteiger partial charge in [0.25, 0.3) is 0 Å². The summed E-state index contributed by atoms with van der Waals surface area (Å²) in [6.07, 6.45) is 7.47. The van der Waals surface area contributed by atoms with E-state index in [0.717, 1.165) is 22.6 Å². The third-order valence-electron chi connectivity index (χ3n) is 3.72. The number of aromatic hydroxyl groups is 2. The molecule has 6 nitrogen and oxygen atoms in total. The highest BCUT2D eigenvalue weighted by molar-refractivity contribution is 5.58. The summed E-state index contributed by atoms with van der Waals surface area (Å²) in [6.45, 7) is 0. The van der Waals surface area contributed by atoms with E-state index in [4.69, 9.17) is 19.9 Å². The van der Waals surface area contributed by atoms with Gasteiger partial charge in [-0.3, -0.25) is 0 Å². The molecule has 5 rings (SSSR count). The van der Waals surface area contributed by atoms with E-state index < -0.39 is 0 Å². The number of rotatable bonds is 0. The van der Waals surface area contributed by atoms with Crippen molar-refractivity contribution in [1.29, 1.82) is 0 Å². The SMILES string of the molecule is C1=Cc2ccccc2ON1.C1=Cc2ccccc2ON1.Oc1ccccc1O. The molecule has 0 saturated heterocycles. The number of hydrogen-bond acceptors (Lipinski definition) is 6. The molecule has 6 heteroatoms. The molecule has 0 radical (unpaired) electrons. The van der Waals surface area contributed by atoms with Crippen molar-refractivity contribution in [2.75, 3.05) is 0 Å². The van der Waals surface area contributed by atoms with Crippen LogP contribution in [0.5, 0.6) is 23.0 Å². The van der Waals surface area contributed by atoms with Crippen molar-refractivity contribution in [3.05, 3.63) is 96.3 Å². The quantitative estimate of drug-likeness (QED) is 0.440. The first kappa shape index (κ1) is 18.7. The zero-order valence-electron chi connectivity index (χ0n) is 14.9. The molecule has 28 heavy (non-hydrogen) atoms. The Bertz CT molecular complexity index is 892. The van der Waals surface area contributed by atoms with Crippen LogP contribution in [0.3, 0.4) is 0 Å². The summed E-state index contributed by atoms with van der Waals surface area (Å²) in [7, 11) is 0. The van der Waals surface area contributed by atoms with Crippen LogP contribution >= 0.6 is 0 Å². The Morgan fingerprint density at radius 3 is 1.32 bits per heavy atom. The molecule has 0 aromatic heterocycles. The van der Waals surface area contributed by atoms with Gasteiger partial charge in [-0.1, -0.05) is 48.5 Å². The number of fused-ring (bicyclic) bond motifs is 2. The van der Waals surface area contributed by atoms with E-state index in [-0.39, 0.29) is 11.5 Å². The molecule has 0 saturated carbocycles. The predicted octanol–water partition coefficient (Wildman–Crippen LogP) is 4.21. The van der Waals surface area contributed by atoms with Gasteiger partial charge in [0.05, 0.1) is 0 Å². The second-order valence-electron chi connectivity index (χ2n) is 5.67. The highest BCUT2D eigenvalue weighted by Crippen LogP contribution is 2.22. The first-order chi connectivity index (χ1) is 13.7. The maximum atomic E-state index is 8.67. The Morgan fingerprint density at radius 2 is 0.929 bits per heavy atom. The Morgan fingerprint density at radius 1 is 0.536 bits per heavy atom. The van der Waals surface area contributed by atoms with E-state index in [2.05, 4.69) is 11.0 Å². The fourth-order valence-corrected chi connectivity index (χ4v) is 2.33. The lowest BCUT2D eigenvalue weighted by Crippen LogP contribution is -2.13. The standard InChI is InChI=1S/2C8H7NO.C6H6O2/c2*1-2-4-8-7(3-1)5-6-9-10-8;7-5-3-1-2-4-6(5)8/h2*1-6,9H;1-4,7-8H. The Kier molecular flexibility index (Phi) is 6.41. The molecule has 0 atom stereocenters. The molecule has 0 unspecified atom stereocenters. The van der Waals surface area contributed by atoms with Gasteiger partial charge in [-0.2, -0.15) is 0 Å². The maximum Gasteiger partial charge on any atom is 0.162 e. The largest absolute Gasteiger partial charge is 0.504 e. The number of para-hydroxylation sites is 4. The summed E-state index contributed by atoms with van der Waals surface area (Å²) < 4.78 is 0. The lowest BCUT2D eigenvalue weighted by molar-refractivity contribution is 0.239. The topological polar surface area (TPSA) is 83.0 Å². The summed E-state index contributed by atoms with van der Waals surface area (Å²) >= 11 is 0. The van der Waals surface area contributed by atoms with Crippen LogP contribution in [0.2, 0.25) is 0 Å². The van der Waals surface area contributed by atoms with E-state index in [0.29, 0.717) is 0 Å². The number of hydrogen-bond donors (Lipinski definition) is 4. The minimum atomic E-state index is -0.0764. The average molecular weight is 376 g/mol. The van der Waals surface area contributed by atoms with Gasteiger partial charge in [0.2, 0.25) is 0 Å². The van der Waals surface area contributed by atoms with Crippen LogP contribution in [-0.4, -0.2) is 10.2 Å². The second-order valence-corrected chi connectivity index (χ2v) is 5.67. The predicted molar refractivity (Wildman–Crippen MR) is 108 cm³/mol. The van der Waals surface area contributed by atoms with Gasteiger partial charge in [-0.15, -0.1) is 0 Å². The molecular formula is C22H20N2O4. The summed E-state index contributed by atoms with van der Waals surface area (Å²) in [4.78, 5) is 10.2. The van der Waals surface area contributed by atoms with Crippen LogP contribution in [0.1, 0.15) is 11.1 Å². The van der Waals surface area contributed by atoms with Gasteiger partial charge in [-0.05, 0) is 36.4 Å². The number of phenolic OH excluding ortho intramolecular Hbond substituents is 2. The van der Waals surface area contributed by atoms with Crippen molar-refractivity contribution >= 4 is 12.2 Å². The Labute approximate surface area is 162 Å². The lowest BCUT2D eigenvalue weighted by atomic mass is 10.2. The highest BCUT2D eigenvalue weighted by Gasteiger charge is 2.02. The van der Waals surface area contributed by atoms with Crippen molar-refractivity contribution < 1.29 is 19.9 Å². The van der Waals surface area contributed by atoms with Crippen molar-refractivity contribution in [2.24, 2.45) is 0 Å². The zero-order valence-corrected chi connectivity index (χ0v) is 14.9. The van der Waals surface area contributed by atoms with Gasteiger partial charge in [-0.25, -0.2) is 11.0 Å². The molecule has 4 N–H and O–H groups in total. The lowest BCUT2D eigenvalue weighted by Gasteiger charge is -2.11. The molecule has 2 aliphatic rings. The zero-order chi connectivity index (χ0) is 19.6. The molecule has 2 aliphatic heterocycles. The van der Waals surface area contributed by atoms with Crippen molar-refractivity contribution in [2.45, 2.75) is 0 Å². The molecule has 3 aromatic rings. The molecule has 2 heterocycles. The monoisotopic (exact) mass is 376 g/mol. The van der Waals surface area contributed by atoms with Gasteiger partial charge in [0.15, 0.2) is 23.0 Å². The fourth-order valence-electron chi connectivity index (χ4n) is 2.33. The van der Waals surface area contributed by atoms with Crippen LogP contribution in [0, 0.1) is 0 Å². The number of phenols is 2. The van der Waals surface area contributed by atoms with Gasteiger partial charge < -0.3 is 19.9 Å². The third-order valence-corrected chi connectivity index (χ3v) is 3.72. The van der Waals surface area contributed by atoms with E-state index in [9.17, 15) is 0 Å². The molecule has 0 fully saturated rings. The Hall–Kier alpha value is -4.06. The minimum absolute atomic E-state index is 0.0764. The van der Waals surface area contributed by atoms with Gasteiger partial charge in [0, 0.05) is 23.5 Å². The maximum absolute atomic E-state index is 8.67. The summed E-state index contributed by atoms with van der Waals surface area (Å²) in [6, 6.07) is 21.9. The van der Waals surface area contributed by atoms with E-state index >= 15 is 0 Å². The summed E-state index contributed by atoms with van der Waals surface area (Å²) in [5.41, 5.74) is 7.55. The van der Waals surface area contributed by atoms with Crippen LogP contribution in [0.15, 0.2) is 85.2 Å². The molecule has 0 bridgehead atoms. The van der Waals surface area contributed by atoms with Crippen molar-refractivity contribution in [3.63, 3.8) is 0 Å². The molecular weight excluding hydrogens is 356 g/mol. The van der Waals surface area contributed by atoms with Crippen molar-refractivity contribution in [3.8, 4) is 23.0 Å².